The normalized spacial score (nSPS) is 16.6. The molecule has 0 spiro atoms. The summed E-state index contributed by atoms with van der Waals surface area (Å²) in [6.07, 6.45) is 3.33. The third-order valence-corrected chi connectivity index (χ3v) is 4.23. The van der Waals surface area contributed by atoms with Crippen LogP contribution in [0.4, 0.5) is 11.5 Å². The third-order valence-electron chi connectivity index (χ3n) is 4.23. The average Bonchev–Trinajstić information content (AvgIpc) is 3.14. The first-order valence-corrected chi connectivity index (χ1v) is 8.75. The van der Waals surface area contributed by atoms with Crippen LogP contribution >= 0.6 is 0 Å². The maximum atomic E-state index is 12.5. The number of carbonyl (C=O) groups is 1. The van der Waals surface area contributed by atoms with E-state index in [1.54, 1.807) is 13.0 Å². The highest BCUT2D eigenvalue weighted by atomic mass is 16.5. The van der Waals surface area contributed by atoms with E-state index in [-0.39, 0.29) is 12.0 Å². The summed E-state index contributed by atoms with van der Waals surface area (Å²) in [7, 11) is 0. The second-order valence-corrected chi connectivity index (χ2v) is 6.21. The van der Waals surface area contributed by atoms with Crippen molar-refractivity contribution in [1.29, 1.82) is 0 Å². The lowest BCUT2D eigenvalue weighted by Gasteiger charge is -2.12. The lowest BCUT2D eigenvalue weighted by Crippen LogP contribution is -2.20. The van der Waals surface area contributed by atoms with Crippen LogP contribution in [0.1, 0.15) is 41.6 Å². The van der Waals surface area contributed by atoms with Crippen LogP contribution < -0.4 is 10.6 Å². The zero-order valence-electron chi connectivity index (χ0n) is 14.7. The highest BCUT2D eigenvalue weighted by molar-refractivity contribution is 6.03. The number of carbonyl (C=O) groups excluding carboxylic acids is 1. The monoisotopic (exact) mass is 340 g/mol. The van der Waals surface area contributed by atoms with Crippen molar-refractivity contribution in [3.05, 3.63) is 47.4 Å². The SMILES string of the molecule is CCc1ccc(NC(=O)c2cc(NCC3CCCO3)nc(C)n2)cc1. The Balaban J connectivity index is 1.66. The number of aromatic nitrogens is 2. The number of ether oxygens (including phenoxy) is 1. The Morgan fingerprint density at radius 3 is 2.76 bits per heavy atom. The van der Waals surface area contributed by atoms with Gasteiger partial charge in [-0.25, -0.2) is 9.97 Å². The van der Waals surface area contributed by atoms with E-state index in [4.69, 9.17) is 4.74 Å². The summed E-state index contributed by atoms with van der Waals surface area (Å²) in [4.78, 5) is 21.1. The van der Waals surface area contributed by atoms with Gasteiger partial charge in [0.2, 0.25) is 0 Å². The molecule has 6 nitrogen and oxygen atoms in total. The van der Waals surface area contributed by atoms with Crippen LogP contribution in [0.2, 0.25) is 0 Å². The van der Waals surface area contributed by atoms with E-state index in [1.807, 2.05) is 24.3 Å². The first-order chi connectivity index (χ1) is 12.1. The lowest BCUT2D eigenvalue weighted by atomic mass is 10.1. The van der Waals surface area contributed by atoms with Crippen LogP contribution in [0.5, 0.6) is 0 Å². The number of nitrogens with zero attached hydrogens (tertiary/aromatic N) is 2. The van der Waals surface area contributed by atoms with Crippen molar-refractivity contribution in [3.63, 3.8) is 0 Å². The van der Waals surface area contributed by atoms with Gasteiger partial charge in [-0.1, -0.05) is 19.1 Å². The first-order valence-electron chi connectivity index (χ1n) is 8.75. The molecule has 1 aliphatic rings. The minimum absolute atomic E-state index is 0.213. The van der Waals surface area contributed by atoms with Gasteiger partial charge in [-0.3, -0.25) is 4.79 Å². The van der Waals surface area contributed by atoms with Gasteiger partial charge in [-0.15, -0.1) is 0 Å². The molecule has 1 fully saturated rings. The molecular weight excluding hydrogens is 316 g/mol. The van der Waals surface area contributed by atoms with Crippen LogP contribution in [-0.4, -0.2) is 35.1 Å². The molecule has 1 amide bonds. The van der Waals surface area contributed by atoms with Gasteiger partial charge in [0.05, 0.1) is 6.10 Å². The summed E-state index contributed by atoms with van der Waals surface area (Å²) in [5.74, 6) is 0.966. The summed E-state index contributed by atoms with van der Waals surface area (Å²) in [5.41, 5.74) is 2.34. The van der Waals surface area contributed by atoms with E-state index < -0.39 is 0 Å². The van der Waals surface area contributed by atoms with Crippen LogP contribution in [-0.2, 0) is 11.2 Å². The molecule has 2 aromatic rings. The standard InChI is InChI=1S/C19H24N4O2/c1-3-14-6-8-15(9-7-14)23-19(24)17-11-18(22-13(2)21-17)20-12-16-5-4-10-25-16/h6-9,11,16H,3-5,10,12H2,1-2H3,(H,23,24)(H,20,21,22). The molecule has 1 saturated heterocycles. The second-order valence-electron chi connectivity index (χ2n) is 6.21. The predicted molar refractivity (Wildman–Crippen MR) is 98.0 cm³/mol. The van der Waals surface area contributed by atoms with Crippen molar-refractivity contribution in [3.8, 4) is 0 Å². The van der Waals surface area contributed by atoms with Crippen molar-refractivity contribution in [2.45, 2.75) is 39.2 Å². The summed E-state index contributed by atoms with van der Waals surface area (Å²) in [6.45, 7) is 5.39. The molecular formula is C19H24N4O2. The third kappa shape index (κ3) is 4.76. The topological polar surface area (TPSA) is 76.1 Å². The van der Waals surface area contributed by atoms with Crippen molar-refractivity contribution in [2.24, 2.45) is 0 Å². The molecule has 0 bridgehead atoms. The van der Waals surface area contributed by atoms with Crippen LogP contribution in [0.25, 0.3) is 0 Å². The van der Waals surface area contributed by atoms with E-state index in [9.17, 15) is 4.79 Å². The van der Waals surface area contributed by atoms with E-state index >= 15 is 0 Å². The van der Waals surface area contributed by atoms with E-state index in [0.717, 1.165) is 31.6 Å². The minimum Gasteiger partial charge on any atom is -0.376 e. The molecule has 6 heteroatoms. The van der Waals surface area contributed by atoms with Crippen molar-refractivity contribution in [2.75, 3.05) is 23.8 Å². The van der Waals surface area contributed by atoms with Gasteiger partial charge in [0.15, 0.2) is 0 Å². The Labute approximate surface area is 148 Å². The molecule has 132 valence electrons. The summed E-state index contributed by atoms with van der Waals surface area (Å²) in [5, 5.41) is 6.13. The smallest absolute Gasteiger partial charge is 0.274 e. The van der Waals surface area contributed by atoms with Gasteiger partial charge >= 0.3 is 0 Å². The lowest BCUT2D eigenvalue weighted by molar-refractivity contribution is 0.102. The average molecular weight is 340 g/mol. The minimum atomic E-state index is -0.241. The molecule has 0 radical (unpaired) electrons. The number of amides is 1. The van der Waals surface area contributed by atoms with Crippen molar-refractivity contribution < 1.29 is 9.53 Å². The zero-order chi connectivity index (χ0) is 17.6. The van der Waals surface area contributed by atoms with E-state index in [1.165, 1.54) is 5.56 Å². The molecule has 0 aliphatic carbocycles. The van der Waals surface area contributed by atoms with Gasteiger partial charge in [-0.2, -0.15) is 0 Å². The van der Waals surface area contributed by atoms with Crippen LogP contribution in [0.3, 0.4) is 0 Å². The Hall–Kier alpha value is -2.47. The molecule has 25 heavy (non-hydrogen) atoms. The maximum Gasteiger partial charge on any atom is 0.274 e. The van der Waals surface area contributed by atoms with Crippen molar-refractivity contribution in [1.82, 2.24) is 9.97 Å². The Kier molecular flexibility index (Phi) is 5.60. The van der Waals surface area contributed by atoms with E-state index in [0.29, 0.717) is 23.9 Å². The molecule has 2 heterocycles. The number of aryl methyl sites for hydroxylation is 2. The fourth-order valence-electron chi connectivity index (χ4n) is 2.82. The Morgan fingerprint density at radius 1 is 1.28 bits per heavy atom. The number of nitrogens with one attached hydrogen (secondary N) is 2. The van der Waals surface area contributed by atoms with Gasteiger partial charge < -0.3 is 15.4 Å². The fourth-order valence-corrected chi connectivity index (χ4v) is 2.82. The number of benzene rings is 1. The highest BCUT2D eigenvalue weighted by Crippen LogP contribution is 2.15. The highest BCUT2D eigenvalue weighted by Gasteiger charge is 2.16. The zero-order valence-corrected chi connectivity index (χ0v) is 14.7. The summed E-state index contributed by atoms with van der Waals surface area (Å²) in [6, 6.07) is 9.51. The predicted octanol–water partition coefficient (Wildman–Crippen LogP) is 3.19. The van der Waals surface area contributed by atoms with Crippen LogP contribution in [0.15, 0.2) is 30.3 Å². The molecule has 2 N–H and O–H groups in total. The molecule has 1 unspecified atom stereocenters. The number of hydrogen-bond acceptors (Lipinski definition) is 5. The van der Waals surface area contributed by atoms with Gasteiger partial charge in [0, 0.05) is 24.9 Å². The molecule has 1 atom stereocenters. The maximum absolute atomic E-state index is 12.5. The Bertz CT molecular complexity index is 725. The largest absolute Gasteiger partial charge is 0.376 e. The molecule has 1 aliphatic heterocycles. The summed E-state index contributed by atoms with van der Waals surface area (Å²) < 4.78 is 5.60. The van der Waals surface area contributed by atoms with Crippen molar-refractivity contribution >= 4 is 17.4 Å². The molecule has 1 aromatic carbocycles. The first kappa shape index (κ1) is 17.4. The number of hydrogen-bond donors (Lipinski definition) is 2. The number of rotatable bonds is 6. The van der Waals surface area contributed by atoms with Gasteiger partial charge in [0.1, 0.15) is 17.3 Å². The Morgan fingerprint density at radius 2 is 2.08 bits per heavy atom. The van der Waals surface area contributed by atoms with Gasteiger partial charge in [0.25, 0.3) is 5.91 Å². The molecule has 1 aromatic heterocycles. The quantitative estimate of drug-likeness (QED) is 0.844. The van der Waals surface area contributed by atoms with E-state index in [2.05, 4.69) is 27.5 Å². The van der Waals surface area contributed by atoms with Gasteiger partial charge in [-0.05, 0) is 43.9 Å². The molecule has 3 rings (SSSR count). The second kappa shape index (κ2) is 8.07. The molecule has 0 saturated carbocycles. The number of anilines is 2. The fraction of sp³-hybridized carbons (Fsp3) is 0.421. The summed E-state index contributed by atoms with van der Waals surface area (Å²) >= 11 is 0. The van der Waals surface area contributed by atoms with Crippen LogP contribution in [0, 0.1) is 6.92 Å².